The van der Waals surface area contributed by atoms with Crippen molar-refractivity contribution < 1.29 is 23.8 Å². The molecule has 41 heavy (non-hydrogen) atoms. The van der Waals surface area contributed by atoms with Gasteiger partial charge in [0.15, 0.2) is 11.6 Å². The van der Waals surface area contributed by atoms with E-state index in [2.05, 4.69) is 24.8 Å². The fourth-order valence-electron chi connectivity index (χ4n) is 5.91. The molecule has 0 fully saturated rings. The highest BCUT2D eigenvalue weighted by atomic mass is 16.5. The fraction of sp³-hybridized carbons (Fsp3) is 0.200. The number of carbonyl (C=O) groups is 2. The Morgan fingerprint density at radius 3 is 1.78 bits per heavy atom. The molecule has 4 aromatic carbocycles. The summed E-state index contributed by atoms with van der Waals surface area (Å²) in [6, 6.07) is 25.6. The third-order valence-corrected chi connectivity index (χ3v) is 8.42. The minimum absolute atomic E-state index is 0.0469. The van der Waals surface area contributed by atoms with Crippen LogP contribution in [0.2, 0.25) is 0 Å². The Hall–Kier alpha value is -4.84. The molecule has 0 saturated carbocycles. The number of benzene rings is 4. The molecular formula is C35H31NO5. The summed E-state index contributed by atoms with van der Waals surface area (Å²) in [7, 11) is 5.21. The van der Waals surface area contributed by atoms with Crippen LogP contribution in [0.15, 0.2) is 91.0 Å². The molecule has 0 amide bonds. The van der Waals surface area contributed by atoms with Crippen molar-refractivity contribution in [2.75, 3.05) is 26.2 Å². The first-order chi connectivity index (χ1) is 19.7. The first-order valence-corrected chi connectivity index (χ1v) is 13.5. The largest absolute Gasteiger partial charge is 0.497 e. The molecule has 0 bridgehead atoms. The molecule has 2 aliphatic rings. The number of carbonyl (C=O) groups excluding carboxylic acids is 2. The number of nitrogens with zero attached hydrogens (tertiary/aromatic N) is 1. The van der Waals surface area contributed by atoms with E-state index in [1.807, 2.05) is 43.5 Å². The number of ether oxygens (including phenoxy) is 3. The second-order valence-electron chi connectivity index (χ2n) is 10.9. The number of ketones is 2. The van der Waals surface area contributed by atoms with E-state index in [0.29, 0.717) is 39.5 Å². The van der Waals surface area contributed by atoms with Gasteiger partial charge in [0.05, 0.1) is 19.6 Å². The van der Waals surface area contributed by atoms with Gasteiger partial charge < -0.3 is 19.1 Å². The summed E-state index contributed by atoms with van der Waals surface area (Å²) in [5, 5.41) is 0. The van der Waals surface area contributed by atoms with Gasteiger partial charge in [0, 0.05) is 40.6 Å². The molecule has 0 radical (unpaired) electrons. The minimum Gasteiger partial charge on any atom is -0.497 e. The van der Waals surface area contributed by atoms with E-state index in [9.17, 15) is 9.59 Å². The number of hydrogen-bond donors (Lipinski definition) is 0. The van der Waals surface area contributed by atoms with Gasteiger partial charge >= 0.3 is 0 Å². The molecule has 6 heteroatoms. The molecule has 206 valence electrons. The zero-order valence-electron chi connectivity index (χ0n) is 23.7. The van der Waals surface area contributed by atoms with Crippen LogP contribution in [0.25, 0.3) is 6.08 Å². The zero-order valence-corrected chi connectivity index (χ0v) is 23.7. The lowest BCUT2D eigenvalue weighted by atomic mass is 9.75. The highest BCUT2D eigenvalue weighted by molar-refractivity contribution is 6.10. The molecule has 6 rings (SSSR count). The monoisotopic (exact) mass is 545 g/mol. The van der Waals surface area contributed by atoms with Crippen LogP contribution >= 0.6 is 0 Å². The first-order valence-electron chi connectivity index (χ1n) is 13.5. The Morgan fingerprint density at radius 1 is 0.707 bits per heavy atom. The topological polar surface area (TPSA) is 65.1 Å². The second kappa shape index (κ2) is 9.66. The summed E-state index contributed by atoms with van der Waals surface area (Å²) in [5.74, 6) is 1.99. The Morgan fingerprint density at radius 2 is 1.22 bits per heavy atom. The lowest BCUT2D eigenvalue weighted by Gasteiger charge is -2.45. The normalized spacial score (nSPS) is 17.9. The Bertz CT molecular complexity index is 1700. The smallest absolute Gasteiger partial charge is 0.211 e. The van der Waals surface area contributed by atoms with Gasteiger partial charge in [0.1, 0.15) is 17.2 Å². The van der Waals surface area contributed by atoms with E-state index < -0.39 is 11.1 Å². The SMILES string of the molecule is COc1ccc(C(=O)c2ccc3c(c2)C=CC2(O3)N(C)c3ccc(C(=O)c4ccc(OC)cc4)cc3C2(C)C)cc1. The van der Waals surface area contributed by atoms with Crippen molar-refractivity contribution in [3.8, 4) is 17.2 Å². The fourth-order valence-corrected chi connectivity index (χ4v) is 5.91. The third-order valence-electron chi connectivity index (χ3n) is 8.42. The van der Waals surface area contributed by atoms with Crippen LogP contribution in [-0.4, -0.2) is 38.6 Å². The predicted octanol–water partition coefficient (Wildman–Crippen LogP) is 6.70. The van der Waals surface area contributed by atoms with Crippen LogP contribution in [-0.2, 0) is 5.41 Å². The van der Waals surface area contributed by atoms with Gasteiger partial charge in [-0.05, 0) is 116 Å². The average molecular weight is 546 g/mol. The van der Waals surface area contributed by atoms with Crippen LogP contribution in [0, 0.1) is 0 Å². The molecule has 2 heterocycles. The van der Waals surface area contributed by atoms with Crippen LogP contribution in [0.5, 0.6) is 17.2 Å². The first kappa shape index (κ1) is 26.4. The quantitative estimate of drug-likeness (QED) is 0.251. The van der Waals surface area contributed by atoms with Crippen molar-refractivity contribution in [1.82, 2.24) is 0 Å². The average Bonchev–Trinajstić information content (AvgIpc) is 3.17. The van der Waals surface area contributed by atoms with E-state index in [1.54, 1.807) is 68.8 Å². The second-order valence-corrected chi connectivity index (χ2v) is 10.9. The van der Waals surface area contributed by atoms with Gasteiger partial charge in [0.25, 0.3) is 0 Å². The molecule has 0 aliphatic carbocycles. The maximum atomic E-state index is 13.4. The van der Waals surface area contributed by atoms with E-state index in [4.69, 9.17) is 14.2 Å². The lowest BCUT2D eigenvalue weighted by molar-refractivity contribution is 0.0581. The summed E-state index contributed by atoms with van der Waals surface area (Å²) in [5.41, 5.74) is 3.95. The maximum absolute atomic E-state index is 13.4. The Kier molecular flexibility index (Phi) is 6.22. The maximum Gasteiger partial charge on any atom is 0.211 e. The van der Waals surface area contributed by atoms with E-state index >= 15 is 0 Å². The van der Waals surface area contributed by atoms with Gasteiger partial charge in [-0.15, -0.1) is 0 Å². The summed E-state index contributed by atoms with van der Waals surface area (Å²) in [6.45, 7) is 4.27. The van der Waals surface area contributed by atoms with E-state index in [1.165, 1.54) is 0 Å². The molecule has 1 atom stereocenters. The highest BCUT2D eigenvalue weighted by Gasteiger charge is 2.57. The van der Waals surface area contributed by atoms with Gasteiger partial charge in [-0.1, -0.05) is 0 Å². The molecule has 0 aromatic heterocycles. The van der Waals surface area contributed by atoms with Crippen LogP contribution in [0.1, 0.15) is 56.8 Å². The number of anilines is 1. The van der Waals surface area contributed by atoms with Gasteiger partial charge in [0.2, 0.25) is 5.72 Å². The van der Waals surface area contributed by atoms with Gasteiger partial charge in [-0.2, -0.15) is 0 Å². The minimum atomic E-state index is -0.814. The van der Waals surface area contributed by atoms with Gasteiger partial charge in [-0.25, -0.2) is 0 Å². The van der Waals surface area contributed by atoms with E-state index in [-0.39, 0.29) is 11.6 Å². The van der Waals surface area contributed by atoms with Crippen molar-refractivity contribution in [3.05, 3.63) is 124 Å². The third kappa shape index (κ3) is 4.10. The van der Waals surface area contributed by atoms with Crippen LogP contribution in [0.3, 0.4) is 0 Å². The van der Waals surface area contributed by atoms with Crippen molar-refractivity contribution in [2.24, 2.45) is 0 Å². The predicted molar refractivity (Wildman–Crippen MR) is 160 cm³/mol. The lowest BCUT2D eigenvalue weighted by Crippen LogP contribution is -2.58. The number of hydrogen-bond acceptors (Lipinski definition) is 6. The molecular weight excluding hydrogens is 514 g/mol. The number of rotatable bonds is 6. The number of fused-ring (bicyclic) bond motifs is 2. The van der Waals surface area contributed by atoms with Gasteiger partial charge in [-0.3, -0.25) is 9.59 Å². The summed E-state index contributed by atoms with van der Waals surface area (Å²) < 4.78 is 17.2. The molecule has 0 N–H and O–H groups in total. The molecule has 2 aliphatic heterocycles. The van der Waals surface area contributed by atoms with Crippen LogP contribution < -0.4 is 19.1 Å². The van der Waals surface area contributed by atoms with Crippen molar-refractivity contribution in [2.45, 2.75) is 25.0 Å². The molecule has 6 nitrogen and oxygen atoms in total. The van der Waals surface area contributed by atoms with E-state index in [0.717, 1.165) is 16.8 Å². The van der Waals surface area contributed by atoms with Crippen molar-refractivity contribution >= 4 is 23.3 Å². The Labute approximate surface area is 239 Å². The number of likely N-dealkylation sites (N-methyl/N-ethyl adjacent to an activating group) is 1. The zero-order chi connectivity index (χ0) is 28.9. The van der Waals surface area contributed by atoms with Crippen molar-refractivity contribution in [3.63, 3.8) is 0 Å². The highest BCUT2D eigenvalue weighted by Crippen LogP contribution is 2.54. The Balaban J connectivity index is 1.30. The molecule has 0 saturated heterocycles. The van der Waals surface area contributed by atoms with Crippen LogP contribution in [0.4, 0.5) is 5.69 Å². The number of methoxy groups -OCH3 is 2. The molecule has 1 spiro atoms. The molecule has 1 unspecified atom stereocenters. The summed E-state index contributed by atoms with van der Waals surface area (Å²) in [6.07, 6.45) is 4.08. The summed E-state index contributed by atoms with van der Waals surface area (Å²) >= 11 is 0. The molecule has 4 aromatic rings. The summed E-state index contributed by atoms with van der Waals surface area (Å²) in [4.78, 5) is 28.6. The standard InChI is InChI=1S/C35H31NO5/c1-34(2)29-21-26(33(38)23-8-14-28(40-5)15-9-23)10-16-30(29)36(3)35(34)19-18-24-20-25(11-17-31(24)41-35)32(37)22-6-12-27(39-4)13-7-22/h6-21H,1-5H3. The van der Waals surface area contributed by atoms with Crippen molar-refractivity contribution in [1.29, 1.82) is 0 Å².